The second-order valence-corrected chi connectivity index (χ2v) is 10.5. The number of hydrogen-bond acceptors (Lipinski definition) is 0. The topological polar surface area (TPSA) is 0 Å². The van der Waals surface area contributed by atoms with Crippen LogP contribution in [-0.4, -0.2) is 0 Å². The van der Waals surface area contributed by atoms with Crippen LogP contribution in [-0.2, 0) is 0 Å². The summed E-state index contributed by atoms with van der Waals surface area (Å²) in [6.07, 6.45) is 0. The van der Waals surface area contributed by atoms with Gasteiger partial charge in [-0.2, -0.15) is 0 Å². The van der Waals surface area contributed by atoms with Gasteiger partial charge < -0.3 is 0 Å². The molecule has 0 saturated heterocycles. The number of rotatable bonds is 3. The average molecular weight is 505 g/mol. The highest BCUT2D eigenvalue weighted by Gasteiger charge is 2.07. The molecule has 0 bridgehead atoms. The first-order valence-corrected chi connectivity index (χ1v) is 13.7. The molecule has 0 aromatic heterocycles. The van der Waals surface area contributed by atoms with E-state index in [2.05, 4.69) is 152 Å². The van der Waals surface area contributed by atoms with E-state index < -0.39 is 0 Å². The van der Waals surface area contributed by atoms with Gasteiger partial charge in [0.1, 0.15) is 0 Å². The summed E-state index contributed by atoms with van der Waals surface area (Å²) in [5.74, 6) is 0. The molecular formula is C40H24. The Balaban J connectivity index is 1.12. The van der Waals surface area contributed by atoms with Gasteiger partial charge in [0, 0.05) is 5.39 Å². The minimum atomic E-state index is 1.09. The van der Waals surface area contributed by atoms with Crippen LogP contribution < -0.4 is 0 Å². The molecule has 0 nitrogen and oxygen atoms in total. The third-order valence-corrected chi connectivity index (χ3v) is 8.03. The van der Waals surface area contributed by atoms with Gasteiger partial charge in [0.25, 0.3) is 0 Å². The van der Waals surface area contributed by atoms with Crippen molar-refractivity contribution in [2.24, 2.45) is 0 Å². The van der Waals surface area contributed by atoms with Gasteiger partial charge in [-0.3, -0.25) is 0 Å². The summed E-state index contributed by atoms with van der Waals surface area (Å²) in [5, 5.41) is 9.83. The Morgan fingerprint density at radius 2 is 0.675 bits per heavy atom. The Kier molecular flexibility index (Phi) is 5.15. The summed E-state index contributed by atoms with van der Waals surface area (Å²) in [5.41, 5.74) is 7.41. The first kappa shape index (κ1) is 22.6. The van der Waals surface area contributed by atoms with Crippen molar-refractivity contribution in [3.05, 3.63) is 158 Å². The highest BCUT2D eigenvalue weighted by molar-refractivity contribution is 5.96. The molecule has 8 rings (SSSR count). The zero-order valence-electron chi connectivity index (χ0n) is 21.9. The molecule has 0 heterocycles. The van der Waals surface area contributed by atoms with Crippen molar-refractivity contribution in [3.8, 4) is 33.4 Å². The molecule has 0 aliphatic heterocycles. The minimum absolute atomic E-state index is 1.09. The molecule has 0 unspecified atom stereocenters. The van der Waals surface area contributed by atoms with Crippen molar-refractivity contribution in [2.45, 2.75) is 0 Å². The fourth-order valence-corrected chi connectivity index (χ4v) is 5.82. The highest BCUT2D eigenvalue weighted by Crippen LogP contribution is 2.33. The smallest absolute Gasteiger partial charge is 0.0321 e. The summed E-state index contributed by atoms with van der Waals surface area (Å²) in [7, 11) is 0. The monoisotopic (exact) mass is 504 g/mol. The highest BCUT2D eigenvalue weighted by atomic mass is 14.1. The van der Waals surface area contributed by atoms with E-state index in [1.807, 2.05) is 6.07 Å². The summed E-state index contributed by atoms with van der Waals surface area (Å²) in [6.45, 7) is 0. The summed E-state index contributed by atoms with van der Waals surface area (Å²) in [4.78, 5) is 0. The maximum atomic E-state index is 3.18. The minimum Gasteiger partial charge on any atom is -0.0696 e. The van der Waals surface area contributed by atoms with Crippen molar-refractivity contribution >= 4 is 43.1 Å². The van der Waals surface area contributed by atoms with E-state index in [1.54, 1.807) is 0 Å². The van der Waals surface area contributed by atoms with E-state index in [0.717, 1.165) is 5.39 Å². The van der Waals surface area contributed by atoms with E-state index in [0.29, 0.717) is 0 Å². The number of fused-ring (bicyclic) bond motifs is 4. The SMILES string of the molecule is c1ccc2cc(-c3ccc4cc(-c5ccc6cc(-c7ccc8ccccc8c7)ccc6c5)ccc4c3)ccc2c#1. The molecule has 0 radical (unpaired) electrons. The molecule has 0 saturated carbocycles. The third-order valence-electron chi connectivity index (χ3n) is 8.03. The van der Waals surface area contributed by atoms with Crippen molar-refractivity contribution in [3.63, 3.8) is 0 Å². The molecular weight excluding hydrogens is 480 g/mol. The molecule has 0 amide bonds. The lowest BCUT2D eigenvalue weighted by molar-refractivity contribution is 1.64. The first-order chi connectivity index (χ1) is 19.8. The van der Waals surface area contributed by atoms with E-state index in [9.17, 15) is 0 Å². The molecule has 0 aliphatic rings. The normalized spacial score (nSPS) is 11.3. The molecule has 184 valence electrons. The zero-order chi connectivity index (χ0) is 26.5. The van der Waals surface area contributed by atoms with Crippen LogP contribution in [0.25, 0.3) is 76.5 Å². The molecule has 0 N–H and O–H groups in total. The zero-order valence-corrected chi connectivity index (χ0v) is 21.9. The van der Waals surface area contributed by atoms with Crippen molar-refractivity contribution < 1.29 is 0 Å². The quantitative estimate of drug-likeness (QED) is 0.224. The van der Waals surface area contributed by atoms with Crippen LogP contribution in [0, 0.1) is 12.1 Å². The van der Waals surface area contributed by atoms with Gasteiger partial charge in [0.05, 0.1) is 0 Å². The molecule has 0 atom stereocenters. The van der Waals surface area contributed by atoms with Crippen LogP contribution in [0.4, 0.5) is 0 Å². The Hall–Kier alpha value is -5.38. The predicted molar refractivity (Wildman–Crippen MR) is 170 cm³/mol. The molecule has 8 aromatic rings. The molecule has 8 aromatic carbocycles. The standard InChI is InChI=1S/C40H24/c1-3-7-29-21-31(11-9-27(29)5-1)33-13-15-37-25-39(19-17-35(37)23-33)40-20-18-36-24-34(14-16-38(36)26-40)32-12-10-28-6-2-4-8-30(28)22-32/h1,3-5,7-26H. The van der Waals surface area contributed by atoms with Gasteiger partial charge in [-0.15, -0.1) is 0 Å². The summed E-state index contributed by atoms with van der Waals surface area (Å²) < 4.78 is 0. The van der Waals surface area contributed by atoms with Gasteiger partial charge >= 0.3 is 0 Å². The molecule has 0 aliphatic carbocycles. The lowest BCUT2D eigenvalue weighted by Gasteiger charge is -2.10. The summed E-state index contributed by atoms with van der Waals surface area (Å²) in [6, 6.07) is 59.1. The van der Waals surface area contributed by atoms with E-state index >= 15 is 0 Å². The fraction of sp³-hybridized carbons (Fsp3) is 0. The van der Waals surface area contributed by atoms with Crippen molar-refractivity contribution in [1.82, 2.24) is 0 Å². The first-order valence-electron chi connectivity index (χ1n) is 13.7. The van der Waals surface area contributed by atoms with Gasteiger partial charge in [-0.25, -0.2) is 0 Å². The van der Waals surface area contributed by atoms with E-state index in [4.69, 9.17) is 0 Å². The lowest BCUT2D eigenvalue weighted by Crippen LogP contribution is -1.84. The number of hydrogen-bond donors (Lipinski definition) is 0. The van der Waals surface area contributed by atoms with Crippen LogP contribution in [0.3, 0.4) is 0 Å². The van der Waals surface area contributed by atoms with E-state index in [1.165, 1.54) is 71.1 Å². The van der Waals surface area contributed by atoms with Gasteiger partial charge in [0.2, 0.25) is 0 Å². The Bertz CT molecular complexity index is 2060. The summed E-state index contributed by atoms with van der Waals surface area (Å²) >= 11 is 0. The molecule has 0 fully saturated rings. The van der Waals surface area contributed by atoms with Crippen LogP contribution in [0.1, 0.15) is 0 Å². The third kappa shape index (κ3) is 3.97. The van der Waals surface area contributed by atoms with Crippen LogP contribution in [0.15, 0.2) is 146 Å². The maximum absolute atomic E-state index is 3.18. The Morgan fingerprint density at radius 1 is 0.300 bits per heavy atom. The van der Waals surface area contributed by atoms with Crippen molar-refractivity contribution in [1.29, 1.82) is 0 Å². The second-order valence-electron chi connectivity index (χ2n) is 10.5. The van der Waals surface area contributed by atoms with Gasteiger partial charge in [-0.1, -0.05) is 103 Å². The predicted octanol–water partition coefficient (Wildman–Crippen LogP) is 10.9. The Morgan fingerprint density at radius 3 is 1.18 bits per heavy atom. The van der Waals surface area contributed by atoms with Crippen LogP contribution in [0.5, 0.6) is 0 Å². The van der Waals surface area contributed by atoms with Crippen molar-refractivity contribution in [2.75, 3.05) is 0 Å². The van der Waals surface area contributed by atoms with Crippen LogP contribution in [0.2, 0.25) is 0 Å². The maximum Gasteiger partial charge on any atom is 0.0321 e. The van der Waals surface area contributed by atoms with Gasteiger partial charge in [0.15, 0.2) is 0 Å². The molecule has 40 heavy (non-hydrogen) atoms. The van der Waals surface area contributed by atoms with Gasteiger partial charge in [-0.05, 0) is 126 Å². The Labute approximate surface area is 233 Å². The molecule has 0 spiro atoms. The molecule has 0 heteroatoms. The second kappa shape index (κ2) is 9.12. The fourth-order valence-electron chi connectivity index (χ4n) is 5.82. The number of benzene rings is 7. The van der Waals surface area contributed by atoms with E-state index in [-0.39, 0.29) is 0 Å². The largest absolute Gasteiger partial charge is 0.0696 e. The van der Waals surface area contributed by atoms with Crippen LogP contribution >= 0.6 is 0 Å². The average Bonchev–Trinajstić information content (AvgIpc) is 3.03. The lowest BCUT2D eigenvalue weighted by atomic mass is 9.95.